The Bertz CT molecular complexity index is 745. The Hall–Kier alpha value is -3.18. The van der Waals surface area contributed by atoms with Gasteiger partial charge in [0.05, 0.1) is 36.8 Å². The summed E-state index contributed by atoms with van der Waals surface area (Å²) in [7, 11) is 1.85. The van der Waals surface area contributed by atoms with E-state index in [-0.39, 0.29) is 12.1 Å². The summed E-state index contributed by atoms with van der Waals surface area (Å²) >= 11 is 0. The molecule has 12 heteroatoms. The molecule has 0 atom stereocenters. The molecule has 0 bridgehead atoms. The molecule has 0 aromatic heterocycles. The van der Waals surface area contributed by atoms with Crippen LogP contribution in [0.4, 0.5) is 28.9 Å². The molecule has 0 fully saturated rings. The number of ether oxygens (including phenoxy) is 2. The van der Waals surface area contributed by atoms with E-state index in [4.69, 9.17) is 0 Å². The minimum Gasteiger partial charge on any atom is -0.466 e. The van der Waals surface area contributed by atoms with Crippen LogP contribution in [0.5, 0.6) is 0 Å². The zero-order valence-electron chi connectivity index (χ0n) is 12.6. The summed E-state index contributed by atoms with van der Waals surface area (Å²) in [5.74, 6) is -4.19. The summed E-state index contributed by atoms with van der Waals surface area (Å²) in [4.78, 5) is 32.5. The second-order valence-corrected chi connectivity index (χ2v) is 4.30. The number of esters is 2. The van der Waals surface area contributed by atoms with E-state index >= 15 is 0 Å². The molecule has 0 radical (unpaired) electrons. The van der Waals surface area contributed by atoms with Gasteiger partial charge in [-0.15, -0.1) is 0 Å². The largest absolute Gasteiger partial charge is 0.466 e. The normalized spacial score (nSPS) is 11.7. The maximum absolute atomic E-state index is 13.5. The van der Waals surface area contributed by atoms with Gasteiger partial charge in [-0.25, -0.2) is 14.0 Å². The van der Waals surface area contributed by atoms with Crippen molar-refractivity contribution in [3.63, 3.8) is 0 Å². The Morgan fingerprint density at radius 1 is 1.24 bits per heavy atom. The van der Waals surface area contributed by atoms with Gasteiger partial charge in [0.15, 0.2) is 0 Å². The SMILES string of the molecule is COC(=O)/C=C(/Nc1cc(C(F)(F)F)c(F)cc1[N+](=O)[O-])C(=O)OC. The summed E-state index contributed by atoms with van der Waals surface area (Å²) < 4.78 is 60.4. The predicted octanol–water partition coefficient (Wildman–Crippen LogP) is 2.39. The van der Waals surface area contributed by atoms with Crippen molar-refractivity contribution in [3.8, 4) is 0 Å². The maximum Gasteiger partial charge on any atom is 0.419 e. The lowest BCUT2D eigenvalue weighted by Gasteiger charge is -2.13. The smallest absolute Gasteiger partial charge is 0.419 e. The zero-order chi connectivity index (χ0) is 19.4. The van der Waals surface area contributed by atoms with Crippen molar-refractivity contribution in [2.24, 2.45) is 0 Å². The highest BCUT2D eigenvalue weighted by atomic mass is 19.4. The van der Waals surface area contributed by atoms with Crippen LogP contribution in [0.15, 0.2) is 23.9 Å². The number of rotatable bonds is 5. The maximum atomic E-state index is 13.5. The average molecular weight is 366 g/mol. The predicted molar refractivity (Wildman–Crippen MR) is 73.8 cm³/mol. The Labute approximate surface area is 137 Å². The van der Waals surface area contributed by atoms with Crippen LogP contribution in [-0.2, 0) is 25.2 Å². The number of benzene rings is 1. The first-order chi connectivity index (χ1) is 11.5. The van der Waals surface area contributed by atoms with Gasteiger partial charge in [0, 0.05) is 0 Å². The number of alkyl halides is 3. The molecule has 0 aliphatic carbocycles. The standard InChI is InChI=1S/C13H10F4N2O6/c1-24-11(20)5-9(12(21)25-2)18-8-3-6(13(15,16)17)7(14)4-10(8)19(22)23/h3-5,18H,1-2H3/b9-5+. The number of hydrogen-bond acceptors (Lipinski definition) is 7. The molecular weight excluding hydrogens is 356 g/mol. The van der Waals surface area contributed by atoms with Crippen LogP contribution in [0.1, 0.15) is 5.56 Å². The Balaban J connectivity index is 3.51. The molecule has 0 aliphatic rings. The lowest BCUT2D eigenvalue weighted by molar-refractivity contribution is -0.384. The molecular formula is C13H10F4N2O6. The van der Waals surface area contributed by atoms with Crippen LogP contribution in [0, 0.1) is 15.9 Å². The van der Waals surface area contributed by atoms with Crippen LogP contribution in [-0.4, -0.2) is 31.1 Å². The lowest BCUT2D eigenvalue weighted by Crippen LogP contribution is -2.17. The van der Waals surface area contributed by atoms with Crippen LogP contribution >= 0.6 is 0 Å². The van der Waals surface area contributed by atoms with Gasteiger partial charge in [-0.1, -0.05) is 0 Å². The van der Waals surface area contributed by atoms with Gasteiger partial charge in [0.1, 0.15) is 17.2 Å². The van der Waals surface area contributed by atoms with Gasteiger partial charge in [-0.2, -0.15) is 13.2 Å². The number of anilines is 1. The van der Waals surface area contributed by atoms with Crippen molar-refractivity contribution in [2.45, 2.75) is 6.18 Å². The highest BCUT2D eigenvalue weighted by Crippen LogP contribution is 2.37. The topological polar surface area (TPSA) is 108 Å². The third-order valence-corrected chi connectivity index (χ3v) is 2.73. The monoisotopic (exact) mass is 366 g/mol. The third kappa shape index (κ3) is 4.89. The number of carbonyl (C=O) groups is 2. The van der Waals surface area contributed by atoms with Gasteiger partial charge in [-0.3, -0.25) is 10.1 Å². The van der Waals surface area contributed by atoms with Crippen molar-refractivity contribution < 1.29 is 41.5 Å². The summed E-state index contributed by atoms with van der Waals surface area (Å²) in [6.45, 7) is 0. The molecule has 1 N–H and O–H groups in total. The molecule has 1 aromatic rings. The third-order valence-electron chi connectivity index (χ3n) is 2.73. The summed E-state index contributed by atoms with van der Waals surface area (Å²) in [5.41, 5.74) is -4.52. The molecule has 8 nitrogen and oxygen atoms in total. The van der Waals surface area contributed by atoms with E-state index in [1.165, 1.54) is 0 Å². The lowest BCUT2D eigenvalue weighted by atomic mass is 10.1. The number of nitro groups is 1. The molecule has 1 aromatic carbocycles. The van der Waals surface area contributed by atoms with Crippen molar-refractivity contribution >= 4 is 23.3 Å². The molecule has 0 saturated carbocycles. The van der Waals surface area contributed by atoms with Crippen LogP contribution in [0.25, 0.3) is 0 Å². The van der Waals surface area contributed by atoms with Crippen molar-refractivity contribution in [2.75, 3.05) is 19.5 Å². The fraction of sp³-hybridized carbons (Fsp3) is 0.231. The van der Waals surface area contributed by atoms with Crippen LogP contribution in [0.2, 0.25) is 0 Å². The van der Waals surface area contributed by atoms with Gasteiger partial charge in [-0.05, 0) is 6.07 Å². The summed E-state index contributed by atoms with van der Waals surface area (Å²) in [5, 5.41) is 12.9. The highest BCUT2D eigenvalue weighted by Gasteiger charge is 2.37. The van der Waals surface area contributed by atoms with E-state index in [9.17, 15) is 37.3 Å². The number of nitrogens with zero attached hydrogens (tertiary/aromatic N) is 1. The van der Waals surface area contributed by atoms with Gasteiger partial charge in [0.2, 0.25) is 0 Å². The number of hydrogen-bond donors (Lipinski definition) is 1. The van der Waals surface area contributed by atoms with E-state index in [1.54, 1.807) is 0 Å². The second kappa shape index (κ2) is 7.59. The number of nitro benzene ring substituents is 1. The van der Waals surface area contributed by atoms with Gasteiger partial charge >= 0.3 is 18.1 Å². The van der Waals surface area contributed by atoms with E-state index in [1.807, 2.05) is 5.32 Å². The Morgan fingerprint density at radius 2 is 1.84 bits per heavy atom. The summed E-state index contributed by atoms with van der Waals surface area (Å²) in [6.07, 6.45) is -4.64. The van der Waals surface area contributed by atoms with Crippen molar-refractivity contribution in [3.05, 3.63) is 45.4 Å². The minimum atomic E-state index is -5.15. The van der Waals surface area contributed by atoms with E-state index in [0.717, 1.165) is 14.2 Å². The van der Waals surface area contributed by atoms with Crippen LogP contribution < -0.4 is 5.32 Å². The molecule has 0 heterocycles. The molecule has 136 valence electrons. The molecule has 0 spiro atoms. The Morgan fingerprint density at radius 3 is 2.28 bits per heavy atom. The van der Waals surface area contributed by atoms with Crippen molar-refractivity contribution in [1.82, 2.24) is 0 Å². The number of methoxy groups -OCH3 is 2. The molecule has 0 amide bonds. The molecule has 1 rings (SSSR count). The Kier molecular flexibility index (Phi) is 6.03. The molecule has 0 saturated heterocycles. The fourth-order valence-electron chi connectivity index (χ4n) is 1.61. The number of halogens is 4. The van der Waals surface area contributed by atoms with Crippen LogP contribution in [0.3, 0.4) is 0 Å². The number of nitrogens with one attached hydrogen (secondary N) is 1. The number of carbonyl (C=O) groups excluding carboxylic acids is 2. The fourth-order valence-corrected chi connectivity index (χ4v) is 1.61. The van der Waals surface area contributed by atoms with E-state index in [2.05, 4.69) is 9.47 Å². The van der Waals surface area contributed by atoms with E-state index < -0.39 is 51.5 Å². The minimum absolute atomic E-state index is 0.0399. The highest BCUT2D eigenvalue weighted by molar-refractivity contribution is 5.99. The summed E-state index contributed by atoms with van der Waals surface area (Å²) in [6, 6.07) is 0.139. The van der Waals surface area contributed by atoms with Crippen molar-refractivity contribution in [1.29, 1.82) is 0 Å². The zero-order valence-corrected chi connectivity index (χ0v) is 12.6. The molecule has 25 heavy (non-hydrogen) atoms. The first-order valence-corrected chi connectivity index (χ1v) is 6.21. The quantitative estimate of drug-likeness (QED) is 0.280. The average Bonchev–Trinajstić information content (AvgIpc) is 2.52. The van der Waals surface area contributed by atoms with Gasteiger partial charge < -0.3 is 14.8 Å². The molecule has 0 unspecified atom stereocenters. The first-order valence-electron chi connectivity index (χ1n) is 6.21. The molecule has 0 aliphatic heterocycles. The van der Waals surface area contributed by atoms with Gasteiger partial charge in [0.25, 0.3) is 5.69 Å². The second-order valence-electron chi connectivity index (χ2n) is 4.30. The van der Waals surface area contributed by atoms with E-state index in [0.29, 0.717) is 6.08 Å². The first kappa shape index (κ1) is 19.9.